The number of phenols is 2. The van der Waals surface area contributed by atoms with Gasteiger partial charge in [-0.15, -0.1) is 11.8 Å². The van der Waals surface area contributed by atoms with Crippen LogP contribution in [0, 0.1) is 5.92 Å². The summed E-state index contributed by atoms with van der Waals surface area (Å²) in [6.45, 7) is 2.37. The molecule has 6 aromatic carbocycles. The lowest BCUT2D eigenvalue weighted by Crippen LogP contribution is -2.61. The Morgan fingerprint density at radius 1 is 0.461 bits per heavy atom. The maximum atomic E-state index is 15.5. The number of likely N-dealkylation sites (N-methyl/N-ethyl adjacent to an activating group) is 5. The molecule has 0 spiro atoms. The van der Waals surface area contributed by atoms with E-state index in [-0.39, 0.29) is 69.4 Å². The molecule has 7 aromatic rings. The molecule has 1 fully saturated rings. The van der Waals surface area contributed by atoms with Crippen molar-refractivity contribution < 1.29 is 92.0 Å². The number of carboxylic acids is 1. The Hall–Kier alpha value is -13.7. The second-order valence-electron chi connectivity index (χ2n) is 32.0. The molecule has 0 bridgehead atoms. The first kappa shape index (κ1) is 99.7. The molecule has 17 N–H and O–H groups in total. The van der Waals surface area contributed by atoms with E-state index in [0.29, 0.717) is 57.1 Å². The number of thioether (sulfide) groups is 1. The van der Waals surface area contributed by atoms with Crippen LogP contribution in [0.3, 0.4) is 0 Å². The van der Waals surface area contributed by atoms with Gasteiger partial charge in [0.1, 0.15) is 78.0 Å². The number of amides is 15. The topological polar surface area (TPSA) is 526 Å². The van der Waals surface area contributed by atoms with Crippen LogP contribution in [0.4, 0.5) is 0 Å². The van der Waals surface area contributed by atoms with Crippen molar-refractivity contribution in [2.75, 3.05) is 72.9 Å². The standard InChI is InChI=1S/C91H115N17O19S/c1-9-10-30-72-89(125)105(5)51-77(113)97-68(47-79(115)116)85(121)103-80(54(2)3)91(127)107(7)73(44-56-24-16-12-17-25-56)86(122)101-69(43-59-33-37-62(110)38-34-59)87(123)104(4)50-76(112)96-67(46-60-48-94-64-29-21-20-28-63(60)64)84(120)100-66(41-58-31-35-61(109)36-32-58)83(119)99-65(39-40-92)82(118)102-71(81(117)95-49-75(93)111)52-128-53-78(114)98-70(42-55-22-14-11-15-23-55)88(124)108(8)74(90(126)106(72)6)45-57-26-18-13-19-27-57/h11-29,31-38,48,54,65-74,80,94,109-110H,9-10,30,39-47,49-53,92H2,1-8H3,(H2,93,111)(H,95,117)(H,96,112)(H,97,113)(H,98,114)(H,99,119)(H,100,120)(H,101,122)(H,102,118)(H,103,121)(H,115,116)/t65-,66-,67-,68-,69-,70-,71-,72-,73-,74-,80-/m0/s1. The number of carbonyl (C=O) groups is 16. The lowest BCUT2D eigenvalue weighted by molar-refractivity contribution is -0.151. The van der Waals surface area contributed by atoms with E-state index in [1.807, 2.05) is 6.92 Å². The van der Waals surface area contributed by atoms with Gasteiger partial charge in [-0.1, -0.05) is 167 Å². The predicted molar refractivity (Wildman–Crippen MR) is 476 cm³/mol. The Balaban J connectivity index is 1.20. The smallest absolute Gasteiger partial charge is 0.305 e. The number of H-pyrrole nitrogens is 1. The number of para-hydroxylation sites is 1. The molecule has 15 amide bonds. The number of phenolic OH excluding ortho intramolecular Hbond substituents is 2. The minimum absolute atomic E-state index is 0.0257. The molecule has 684 valence electrons. The van der Waals surface area contributed by atoms with E-state index in [0.717, 1.165) is 36.3 Å². The van der Waals surface area contributed by atoms with Gasteiger partial charge in [-0.3, -0.25) is 76.7 Å². The highest BCUT2D eigenvalue weighted by Gasteiger charge is 2.42. The summed E-state index contributed by atoms with van der Waals surface area (Å²) >= 11 is 0.804. The van der Waals surface area contributed by atoms with Crippen molar-refractivity contribution in [1.82, 2.24) is 77.3 Å². The van der Waals surface area contributed by atoms with E-state index in [4.69, 9.17) is 11.5 Å². The number of aromatic amines is 1. The maximum absolute atomic E-state index is 15.5. The Morgan fingerprint density at radius 3 is 1.45 bits per heavy atom. The molecule has 0 saturated carbocycles. The molecule has 1 aromatic heterocycles. The molecule has 37 heteroatoms. The number of hydrogen-bond acceptors (Lipinski definition) is 20. The van der Waals surface area contributed by atoms with Gasteiger partial charge >= 0.3 is 5.97 Å². The van der Waals surface area contributed by atoms with Crippen LogP contribution in [0.25, 0.3) is 10.9 Å². The number of primary amides is 1. The molecule has 2 heterocycles. The zero-order chi connectivity index (χ0) is 93.4. The van der Waals surface area contributed by atoms with Gasteiger partial charge in [-0.2, -0.15) is 0 Å². The van der Waals surface area contributed by atoms with Crippen molar-refractivity contribution in [3.63, 3.8) is 0 Å². The fourth-order valence-electron chi connectivity index (χ4n) is 14.7. The van der Waals surface area contributed by atoms with Crippen molar-refractivity contribution in [3.8, 4) is 11.5 Å². The van der Waals surface area contributed by atoms with Crippen LogP contribution in [0.1, 0.15) is 86.3 Å². The van der Waals surface area contributed by atoms with Crippen LogP contribution in [0.5, 0.6) is 11.5 Å². The SMILES string of the molecule is CCCC[C@H]1C(=O)N(C)CC(=O)N[C@@H](CC(=O)O)C(=O)N[C@@H](C(C)C)C(=O)N(C)[C@@H](Cc2ccccc2)C(=O)N[C@@H](Cc2ccc(O)cc2)C(=O)N(C)CC(=O)N[C@@H](Cc2c[nH]c3ccccc23)C(=O)N[C@@H](Cc2ccc(O)cc2)C(=O)N[C@@H](CCN)C(=O)N[C@H](C(=O)NCC(N)=O)CSCC(=O)N[C@@H](Cc2ccccc2)C(=O)N(C)[C@@H](Cc2ccccc2)C(=O)N1C. The molecular formula is C91H115N17O19S. The third-order valence-corrected chi connectivity index (χ3v) is 22.8. The van der Waals surface area contributed by atoms with E-state index in [1.165, 1.54) is 83.8 Å². The van der Waals surface area contributed by atoms with Crippen molar-refractivity contribution in [2.45, 2.75) is 158 Å². The summed E-state index contributed by atoms with van der Waals surface area (Å²) in [4.78, 5) is 242. The summed E-state index contributed by atoms with van der Waals surface area (Å²) < 4.78 is 0. The molecule has 1 saturated heterocycles. The summed E-state index contributed by atoms with van der Waals surface area (Å²) in [6, 6.07) is 26.8. The minimum atomic E-state index is -1.91. The summed E-state index contributed by atoms with van der Waals surface area (Å²) in [5.74, 6) is -17.4. The molecular weight excluding hydrogens is 1670 g/mol. The average molecular weight is 1780 g/mol. The Morgan fingerprint density at radius 2 is 0.906 bits per heavy atom. The number of aromatic nitrogens is 1. The molecule has 0 unspecified atom stereocenters. The van der Waals surface area contributed by atoms with Crippen LogP contribution in [0.2, 0.25) is 0 Å². The van der Waals surface area contributed by atoms with E-state index in [1.54, 1.807) is 135 Å². The Kier molecular flexibility index (Phi) is 37.9. The molecule has 128 heavy (non-hydrogen) atoms. The number of aliphatic carboxylic acids is 1. The monoisotopic (exact) mass is 1780 g/mol. The molecule has 36 nitrogen and oxygen atoms in total. The molecule has 11 atom stereocenters. The number of carboxylic acid groups (broad SMARTS) is 1. The molecule has 8 rings (SSSR count). The number of nitrogens with two attached hydrogens (primary N) is 2. The third kappa shape index (κ3) is 29.7. The fraction of sp³-hybridized carbons (Fsp3) is 0.407. The van der Waals surface area contributed by atoms with Crippen LogP contribution in [-0.4, -0.2) is 279 Å². The van der Waals surface area contributed by atoms with E-state index < -0.39 is 205 Å². The number of aromatic hydroxyl groups is 2. The predicted octanol–water partition coefficient (Wildman–Crippen LogP) is 0.629. The first-order valence-electron chi connectivity index (χ1n) is 42.0. The van der Waals surface area contributed by atoms with Gasteiger partial charge in [0, 0.05) is 96.6 Å². The maximum Gasteiger partial charge on any atom is 0.305 e. The third-order valence-electron chi connectivity index (χ3n) is 21.8. The van der Waals surface area contributed by atoms with Gasteiger partial charge in [0.15, 0.2) is 0 Å². The number of unbranched alkanes of at least 4 members (excludes halogenated alkanes) is 1. The highest BCUT2D eigenvalue weighted by atomic mass is 32.2. The van der Waals surface area contributed by atoms with E-state index in [2.05, 4.69) is 52.8 Å². The fourth-order valence-corrected chi connectivity index (χ4v) is 15.5. The second-order valence-corrected chi connectivity index (χ2v) is 33.0. The van der Waals surface area contributed by atoms with Gasteiger partial charge in [-0.25, -0.2) is 0 Å². The summed E-state index contributed by atoms with van der Waals surface area (Å²) in [6.07, 6.45) is -0.208. The van der Waals surface area contributed by atoms with Crippen LogP contribution in [0.15, 0.2) is 170 Å². The van der Waals surface area contributed by atoms with Crippen LogP contribution in [-0.2, 0) is 115 Å². The Labute approximate surface area is 745 Å². The zero-order valence-corrected chi connectivity index (χ0v) is 73.6. The number of benzene rings is 6. The van der Waals surface area contributed by atoms with Gasteiger partial charge < -0.3 is 104 Å². The highest BCUT2D eigenvalue weighted by molar-refractivity contribution is 8.00. The molecule has 0 radical (unpaired) electrons. The van der Waals surface area contributed by atoms with Gasteiger partial charge in [0.2, 0.25) is 88.6 Å². The van der Waals surface area contributed by atoms with Crippen molar-refractivity contribution in [2.24, 2.45) is 17.4 Å². The summed E-state index contributed by atoms with van der Waals surface area (Å²) in [7, 11) is 6.50. The zero-order valence-electron chi connectivity index (χ0n) is 72.8. The number of hydrogen-bond donors (Lipinski definition) is 15. The quantitative estimate of drug-likeness (QED) is 0.0418. The number of nitrogens with one attached hydrogen (secondary N) is 10. The normalized spacial score (nSPS) is 21.9. The molecule has 0 aliphatic carbocycles. The molecule has 1 aliphatic heterocycles. The Bertz CT molecular complexity index is 5030. The number of carbonyl (C=O) groups excluding carboxylic acids is 15. The highest BCUT2D eigenvalue weighted by Crippen LogP contribution is 2.24. The summed E-state index contributed by atoms with van der Waals surface area (Å²) in [5, 5.41) is 55.2. The van der Waals surface area contributed by atoms with Gasteiger partial charge in [-0.05, 0) is 89.0 Å². The van der Waals surface area contributed by atoms with Gasteiger partial charge in [0.05, 0.1) is 31.8 Å². The first-order valence-corrected chi connectivity index (χ1v) is 43.2. The van der Waals surface area contributed by atoms with Crippen LogP contribution < -0.4 is 59.3 Å². The number of nitrogens with zero attached hydrogens (tertiary/aromatic N) is 5. The first-order chi connectivity index (χ1) is 61.0. The number of rotatable bonds is 23. The summed E-state index contributed by atoms with van der Waals surface area (Å²) in [5.41, 5.74) is 15.1. The average Bonchev–Trinajstić information content (AvgIpc) is 1.08. The van der Waals surface area contributed by atoms with Crippen molar-refractivity contribution in [3.05, 3.63) is 203 Å². The van der Waals surface area contributed by atoms with E-state index >= 15 is 33.6 Å². The lowest BCUT2D eigenvalue weighted by Gasteiger charge is -2.37. The number of fused-ring (bicyclic) bond motifs is 1. The largest absolute Gasteiger partial charge is 0.508 e. The van der Waals surface area contributed by atoms with Crippen molar-refractivity contribution >= 4 is 117 Å². The van der Waals surface area contributed by atoms with E-state index in [9.17, 15) is 58.5 Å². The molecule has 1 aliphatic rings. The second kappa shape index (κ2) is 48.7. The van der Waals surface area contributed by atoms with Crippen molar-refractivity contribution in [1.29, 1.82) is 0 Å². The lowest BCUT2D eigenvalue weighted by atomic mass is 9.98. The minimum Gasteiger partial charge on any atom is -0.508 e. The van der Waals surface area contributed by atoms with Crippen LogP contribution >= 0.6 is 11.8 Å². The van der Waals surface area contributed by atoms with Gasteiger partial charge in [0.25, 0.3) is 0 Å².